The van der Waals surface area contributed by atoms with Gasteiger partial charge in [0.2, 0.25) is 5.91 Å². The number of rotatable bonds is 6. The number of pyridine rings is 1. The van der Waals surface area contributed by atoms with Crippen molar-refractivity contribution in [1.29, 1.82) is 0 Å². The number of primary amides is 1. The third-order valence-corrected chi connectivity index (χ3v) is 8.54. The fourth-order valence-corrected chi connectivity index (χ4v) is 6.06. The van der Waals surface area contributed by atoms with Crippen LogP contribution >= 0.6 is 23.2 Å². The molecular weight excluding hydrogens is 585 g/mol. The molecule has 0 radical (unpaired) electrons. The molecule has 2 saturated heterocycles. The standard InChI is InChI=1S/C28H27Cl2N7O5/c1-35-14-33-26-23(27(35)41)17(15-6-16(25(31)40)24(39)18(29)7-15)10-37(26)11-22(38)34-20-8-21(32-9-19(20)30)36-4-2-28(12-36)3-5-42-13-28/h6-10,14,39H,2-5,11-13H2,1H3,(H2,31,40)(H,32,34,38). The molecule has 3 aromatic heterocycles. The molecule has 4 N–H and O–H groups in total. The summed E-state index contributed by atoms with van der Waals surface area (Å²) in [6, 6.07) is 4.51. The lowest BCUT2D eigenvalue weighted by atomic mass is 9.87. The third kappa shape index (κ3) is 4.95. The van der Waals surface area contributed by atoms with Gasteiger partial charge in [-0.2, -0.15) is 0 Å². The van der Waals surface area contributed by atoms with Crippen LogP contribution in [0.4, 0.5) is 11.5 Å². The number of nitrogens with two attached hydrogens (primary N) is 1. The highest BCUT2D eigenvalue weighted by Gasteiger charge is 2.41. The van der Waals surface area contributed by atoms with Crippen LogP contribution in [0.3, 0.4) is 0 Å². The Bertz CT molecular complexity index is 1810. The minimum Gasteiger partial charge on any atom is -0.506 e. The summed E-state index contributed by atoms with van der Waals surface area (Å²) in [4.78, 5) is 49.4. The number of phenols is 1. The number of aromatic hydroxyl groups is 1. The average molecular weight is 612 g/mol. The number of nitrogens with one attached hydrogen (secondary N) is 1. The van der Waals surface area contributed by atoms with Gasteiger partial charge in [-0.05, 0) is 30.5 Å². The van der Waals surface area contributed by atoms with Crippen molar-refractivity contribution in [2.75, 3.05) is 36.5 Å². The smallest absolute Gasteiger partial charge is 0.263 e. The number of benzene rings is 1. The number of ether oxygens (including phenoxy) is 1. The Hall–Kier alpha value is -4.13. The van der Waals surface area contributed by atoms with Crippen LogP contribution in [0.5, 0.6) is 5.75 Å². The van der Waals surface area contributed by atoms with Gasteiger partial charge in [-0.15, -0.1) is 0 Å². The van der Waals surface area contributed by atoms with E-state index in [0.717, 1.165) is 39.1 Å². The summed E-state index contributed by atoms with van der Waals surface area (Å²) in [5.74, 6) is -1.05. The summed E-state index contributed by atoms with van der Waals surface area (Å²) < 4.78 is 8.45. The van der Waals surface area contributed by atoms with Gasteiger partial charge in [0.1, 0.15) is 23.8 Å². The van der Waals surface area contributed by atoms with E-state index in [1.54, 1.807) is 19.3 Å². The average Bonchev–Trinajstić information content (AvgIpc) is 3.69. The van der Waals surface area contributed by atoms with Crippen molar-refractivity contribution >= 4 is 57.6 Å². The Kier molecular flexibility index (Phi) is 7.08. The summed E-state index contributed by atoms with van der Waals surface area (Å²) >= 11 is 12.6. The molecule has 2 aliphatic rings. The van der Waals surface area contributed by atoms with E-state index in [-0.39, 0.29) is 44.2 Å². The molecule has 42 heavy (non-hydrogen) atoms. The fraction of sp³-hybridized carbons (Fsp3) is 0.321. The first kappa shape index (κ1) is 28.0. The number of carbonyl (C=O) groups is 2. The van der Waals surface area contributed by atoms with E-state index in [1.807, 2.05) is 0 Å². The lowest BCUT2D eigenvalue weighted by Gasteiger charge is -2.23. The van der Waals surface area contributed by atoms with Crippen molar-refractivity contribution in [3.63, 3.8) is 0 Å². The van der Waals surface area contributed by atoms with Gasteiger partial charge in [0, 0.05) is 50.0 Å². The monoisotopic (exact) mass is 611 g/mol. The molecule has 4 aromatic rings. The number of aryl methyl sites for hydroxylation is 1. The second-order valence-electron chi connectivity index (χ2n) is 10.8. The fourth-order valence-electron chi connectivity index (χ4n) is 5.69. The van der Waals surface area contributed by atoms with E-state index in [2.05, 4.69) is 20.2 Å². The summed E-state index contributed by atoms with van der Waals surface area (Å²) in [6.07, 6.45) is 6.47. The largest absolute Gasteiger partial charge is 0.506 e. The maximum atomic E-state index is 13.3. The molecule has 218 valence electrons. The molecule has 0 aliphatic carbocycles. The Labute approximate surface area is 249 Å². The van der Waals surface area contributed by atoms with Gasteiger partial charge in [-0.1, -0.05) is 23.2 Å². The summed E-state index contributed by atoms with van der Waals surface area (Å²) in [5.41, 5.74) is 6.34. The molecule has 1 unspecified atom stereocenters. The summed E-state index contributed by atoms with van der Waals surface area (Å²) in [7, 11) is 1.55. The Balaban J connectivity index is 1.31. The number of aromatic nitrogens is 4. The van der Waals surface area contributed by atoms with Crippen molar-refractivity contribution in [2.45, 2.75) is 19.4 Å². The lowest BCUT2D eigenvalue weighted by molar-refractivity contribution is -0.116. The molecule has 0 saturated carbocycles. The van der Waals surface area contributed by atoms with Gasteiger partial charge >= 0.3 is 0 Å². The van der Waals surface area contributed by atoms with Crippen LogP contribution in [0, 0.1) is 5.41 Å². The molecule has 1 aromatic carbocycles. The number of nitrogens with zero attached hydrogens (tertiary/aromatic N) is 5. The van der Waals surface area contributed by atoms with E-state index < -0.39 is 17.6 Å². The Morgan fingerprint density at radius 3 is 2.74 bits per heavy atom. The topological polar surface area (TPSA) is 158 Å². The highest BCUT2D eigenvalue weighted by atomic mass is 35.5. The molecule has 14 heteroatoms. The van der Waals surface area contributed by atoms with Crippen LogP contribution < -0.4 is 21.5 Å². The molecule has 2 amide bonds. The Morgan fingerprint density at radius 2 is 2.00 bits per heavy atom. The second kappa shape index (κ2) is 10.6. The maximum absolute atomic E-state index is 13.3. The lowest BCUT2D eigenvalue weighted by Crippen LogP contribution is -2.28. The van der Waals surface area contributed by atoms with Gasteiger partial charge in [0.05, 0.1) is 45.8 Å². The quantitative estimate of drug-likeness (QED) is 0.300. The first-order valence-electron chi connectivity index (χ1n) is 13.2. The highest BCUT2D eigenvalue weighted by Crippen LogP contribution is 2.40. The molecule has 0 bridgehead atoms. The second-order valence-corrected chi connectivity index (χ2v) is 11.6. The molecule has 12 nitrogen and oxygen atoms in total. The van der Waals surface area contributed by atoms with Crippen LogP contribution in [0.25, 0.3) is 22.2 Å². The number of carbonyl (C=O) groups excluding carboxylic acids is 2. The number of halogens is 2. The molecule has 2 fully saturated rings. The van der Waals surface area contributed by atoms with Gasteiger partial charge in [0.25, 0.3) is 11.5 Å². The van der Waals surface area contributed by atoms with Crippen molar-refractivity contribution < 1.29 is 19.4 Å². The van der Waals surface area contributed by atoms with E-state index >= 15 is 0 Å². The molecular formula is C28H27Cl2N7O5. The minimum atomic E-state index is -0.889. The zero-order valence-corrected chi connectivity index (χ0v) is 24.1. The van der Waals surface area contributed by atoms with Gasteiger partial charge < -0.3 is 34.9 Å². The maximum Gasteiger partial charge on any atom is 0.263 e. The SMILES string of the molecule is Cn1cnc2c(c(-c3cc(Cl)c(O)c(C(N)=O)c3)cn2CC(=O)Nc2cc(N3CCC4(CCOC4)C3)ncc2Cl)c1=O. The predicted octanol–water partition coefficient (Wildman–Crippen LogP) is 3.16. The van der Waals surface area contributed by atoms with Gasteiger partial charge in [-0.3, -0.25) is 14.4 Å². The van der Waals surface area contributed by atoms with Gasteiger partial charge in [-0.25, -0.2) is 9.97 Å². The number of hydrogen-bond donors (Lipinski definition) is 3. The van der Waals surface area contributed by atoms with E-state index in [0.29, 0.717) is 22.6 Å². The van der Waals surface area contributed by atoms with Crippen molar-refractivity contribution in [1.82, 2.24) is 19.1 Å². The van der Waals surface area contributed by atoms with Crippen molar-refractivity contribution in [3.05, 3.63) is 62.9 Å². The zero-order valence-electron chi connectivity index (χ0n) is 22.6. The van der Waals surface area contributed by atoms with Crippen LogP contribution in [-0.2, 0) is 23.1 Å². The van der Waals surface area contributed by atoms with E-state index in [9.17, 15) is 19.5 Å². The number of amides is 2. The number of hydrogen-bond acceptors (Lipinski definition) is 8. The van der Waals surface area contributed by atoms with Crippen molar-refractivity contribution in [3.8, 4) is 16.9 Å². The summed E-state index contributed by atoms with van der Waals surface area (Å²) in [5, 5.41) is 13.4. The summed E-state index contributed by atoms with van der Waals surface area (Å²) in [6.45, 7) is 2.97. The molecule has 1 spiro atoms. The molecule has 5 heterocycles. The number of anilines is 2. The highest BCUT2D eigenvalue weighted by molar-refractivity contribution is 6.34. The molecule has 1 atom stereocenters. The van der Waals surface area contributed by atoms with Gasteiger partial charge in [0.15, 0.2) is 0 Å². The normalized spacial score (nSPS) is 18.3. The van der Waals surface area contributed by atoms with Crippen LogP contribution in [0.2, 0.25) is 10.0 Å². The van der Waals surface area contributed by atoms with Crippen LogP contribution in [0.1, 0.15) is 23.2 Å². The minimum absolute atomic E-state index is 0.117. The third-order valence-electron chi connectivity index (χ3n) is 7.95. The predicted molar refractivity (Wildman–Crippen MR) is 158 cm³/mol. The van der Waals surface area contributed by atoms with Crippen molar-refractivity contribution in [2.24, 2.45) is 18.2 Å². The first-order chi connectivity index (χ1) is 20.0. The zero-order chi connectivity index (χ0) is 29.8. The van der Waals surface area contributed by atoms with E-state index in [4.69, 9.17) is 33.7 Å². The molecule has 6 rings (SSSR count). The van der Waals surface area contributed by atoms with Crippen LogP contribution in [0.15, 0.2) is 41.7 Å². The number of fused-ring (bicyclic) bond motifs is 1. The van der Waals surface area contributed by atoms with Crippen LogP contribution in [-0.4, -0.2) is 62.3 Å². The Morgan fingerprint density at radius 1 is 1.19 bits per heavy atom. The first-order valence-corrected chi connectivity index (χ1v) is 14.0. The molecule has 2 aliphatic heterocycles. The van der Waals surface area contributed by atoms with E-state index in [1.165, 1.54) is 33.8 Å².